The topological polar surface area (TPSA) is 597 Å². The number of aliphatic hydroxyl groups is 20. The van der Waals surface area contributed by atoms with Gasteiger partial charge in [-0.2, -0.15) is 23.5 Å². The van der Waals surface area contributed by atoms with Crippen LogP contribution in [0, 0.1) is 0 Å². The number of thioether (sulfide) groups is 2. The van der Waals surface area contributed by atoms with E-state index in [9.17, 15) is 102 Å². The molecule has 0 radical (unpaired) electrons. The van der Waals surface area contributed by atoms with Crippen molar-refractivity contribution in [2.24, 2.45) is 0 Å². The Morgan fingerprint density at radius 2 is 0.435 bits per heavy atom. The number of hydrogen-bond acceptors (Lipinski definition) is 36. The first-order valence-electron chi connectivity index (χ1n) is 26.6. The first-order chi connectivity index (χ1) is 39.2. The van der Waals surface area contributed by atoms with Gasteiger partial charge in [-0.3, -0.25) is 0 Å². The van der Waals surface area contributed by atoms with Crippen molar-refractivity contribution >= 4 is 23.5 Å². The van der Waals surface area contributed by atoms with Crippen LogP contribution in [0.2, 0.25) is 0 Å². The molecule has 21 rings (SSSR count). The second-order valence-electron chi connectivity index (χ2n) is 20.9. The van der Waals surface area contributed by atoms with Crippen LogP contribution in [0.3, 0.4) is 0 Å². The molecule has 39 heteroatoms. The molecule has 35 atom stereocenters. The van der Waals surface area contributed by atoms with E-state index in [4.69, 9.17) is 66.3 Å². The van der Waals surface area contributed by atoms with Crippen LogP contribution in [0.1, 0.15) is 6.42 Å². The van der Waals surface area contributed by atoms with Gasteiger partial charge in [-0.15, -0.1) is 0 Å². The van der Waals surface area contributed by atoms with Crippen molar-refractivity contribution in [2.45, 2.75) is 221 Å². The first kappa shape index (κ1) is 75.6. The zero-order chi connectivity index (χ0) is 59.6. The van der Waals surface area contributed by atoms with Gasteiger partial charge in [0.25, 0.3) is 0 Å². The van der Waals surface area contributed by atoms with E-state index >= 15 is 0 Å². The Labute approximate surface area is 506 Å². The fourth-order valence-electron chi connectivity index (χ4n) is 10.9. The van der Waals surface area contributed by atoms with Crippen molar-refractivity contribution in [2.75, 3.05) is 63.2 Å². The van der Waals surface area contributed by atoms with Crippen LogP contribution in [0.5, 0.6) is 0 Å². The molecule has 24 N–H and O–H groups in total. The average Bonchev–Trinajstić information content (AvgIpc) is 1.52. The molecule has 21 saturated heterocycles. The third-order valence-electron chi connectivity index (χ3n) is 15.5. The minimum Gasteiger partial charge on any atom is -0.412 e. The van der Waals surface area contributed by atoms with Crippen LogP contribution in [0.15, 0.2) is 0 Å². The molecule has 0 saturated carbocycles. The van der Waals surface area contributed by atoms with E-state index < -0.39 is 255 Å². The van der Waals surface area contributed by atoms with E-state index in [1.807, 2.05) is 6.26 Å². The van der Waals surface area contributed by atoms with Crippen molar-refractivity contribution in [3.63, 3.8) is 0 Å². The van der Waals surface area contributed by atoms with Crippen molar-refractivity contribution in [3.8, 4) is 0 Å². The summed E-state index contributed by atoms with van der Waals surface area (Å²) in [4.78, 5) is 0. The van der Waals surface area contributed by atoms with Crippen molar-refractivity contribution in [1.82, 2.24) is 0 Å². The fraction of sp³-hybridized carbons (Fsp3) is 1.00. The van der Waals surface area contributed by atoms with Crippen molar-refractivity contribution < 1.29 is 200 Å². The van der Waals surface area contributed by atoms with Gasteiger partial charge in [-0.05, 0) is 24.2 Å². The third kappa shape index (κ3) is 16.1. The normalized spacial score (nSPS) is 50.9. The molecule has 0 spiro atoms. The molecule has 0 amide bonds. The summed E-state index contributed by atoms with van der Waals surface area (Å²) in [5.74, 6) is 1.27. The standard InChI is InChI=1S/C46H78O34S2.2H2O.Pd/c1-81-3-2-4-82-11-18-39-25(59)32(66)46(73-18)79-38-17(10-52)71-44(30(64)23(38)57)77-36-15(8-50)69-42(28(62)21(36)55)75-34-13(6-48)67-40(26(60)19(34)53)74-33-12(5-47)68-41(27(61)20(33)54)76-35-14(7-49)70-43(29(63)22(35)56)78-37-16(9-51)72-45(80-39)31(65)24(37)58;;;/h12-66H,2-11H2,1H3;2*1H2;/q;;;+2/t12-,13-,14-,15-,16-,17-,18-,19-,20-,21-,22-,23-,24-,25-,26-,27-,28-,29-,30-,31-,32-,33-,34-,35-,36-,37-,38-,39-,40-,41-,42-,43-,44-,45-,46-;;;/m1.../s1. The molecule has 36 nitrogen and oxygen atoms in total. The Morgan fingerprint density at radius 3 is 0.612 bits per heavy atom. The van der Waals surface area contributed by atoms with Crippen LogP contribution >= 0.6 is 23.5 Å². The number of ether oxygens (including phenoxy) is 14. The summed E-state index contributed by atoms with van der Waals surface area (Å²) in [6.45, 7) is -6.13. The first-order valence-corrected chi connectivity index (χ1v) is 29.1. The molecule has 0 aromatic rings. The Kier molecular flexibility index (Phi) is 30.0. The van der Waals surface area contributed by atoms with Crippen molar-refractivity contribution in [1.29, 1.82) is 0 Å². The largest absolute Gasteiger partial charge is 2.00 e. The minimum absolute atomic E-state index is 0. The van der Waals surface area contributed by atoms with Gasteiger partial charge < -0.3 is 179 Å². The zero-order valence-corrected chi connectivity index (χ0v) is 48.3. The monoisotopic (exact) mass is 1380 g/mol. The van der Waals surface area contributed by atoms with E-state index in [1.54, 1.807) is 11.8 Å². The van der Waals surface area contributed by atoms with Gasteiger partial charge in [0.05, 0.1) is 45.7 Å². The Bertz CT molecular complexity index is 1930. The predicted octanol–water partition coefficient (Wildman–Crippen LogP) is -14.4. The SMILES string of the molecule is CSCCCSC[C@H]1O[C@@H]2O[C@H]3[C@H](O)[C@@H](O)[C@@H](O[C@H]4[C@H](O)[C@@H](O)[C@@H](O[C@H]5[C@H](O)[C@@H](O)[C@@H](O[C@H]6[C@H](O)[C@@H](O)[C@@H](O[C@H]7[C@H](O)[C@@H](O)[C@@H](O[C@H]8[C@H](O)[C@@H](O)[C@@H](O[C@H]1[C@H](O)[C@H]2O)O[C@@H]8CO)O[C@@H]7CO)O[C@@H]6CO)O[C@@H]5CO)O[C@@H]4CO)O[C@@H]3CO.O.O.[Pd+2]. The van der Waals surface area contributed by atoms with Gasteiger partial charge in [-0.25, -0.2) is 0 Å². The van der Waals surface area contributed by atoms with Gasteiger partial charge in [0, 0.05) is 5.75 Å². The molecule has 0 aromatic carbocycles. The van der Waals surface area contributed by atoms with Gasteiger partial charge in [0.1, 0.15) is 165 Å². The molecule has 14 bridgehead atoms. The quantitative estimate of drug-likeness (QED) is 0.0637. The van der Waals surface area contributed by atoms with Gasteiger partial charge in [0.15, 0.2) is 44.0 Å². The molecule has 0 unspecified atom stereocenters. The molecular weight excluding hydrogens is 1300 g/mol. The molecule has 21 fully saturated rings. The van der Waals surface area contributed by atoms with Crippen molar-refractivity contribution in [3.05, 3.63) is 0 Å². The molecular formula is C46H82O36PdS2+2. The Morgan fingerprint density at radius 1 is 0.259 bits per heavy atom. The Hall–Kier alpha value is -0.0777. The van der Waals surface area contributed by atoms with Gasteiger partial charge >= 0.3 is 20.4 Å². The summed E-state index contributed by atoms with van der Waals surface area (Å²) in [6.07, 6.45) is -65.8. The van der Waals surface area contributed by atoms with E-state index in [1.165, 1.54) is 11.8 Å². The molecule has 0 aromatic heterocycles. The van der Waals surface area contributed by atoms with Crippen LogP contribution in [-0.4, -0.2) is 391 Å². The van der Waals surface area contributed by atoms with Crippen LogP contribution in [0.25, 0.3) is 0 Å². The maximum Gasteiger partial charge on any atom is 2.00 e. The molecule has 85 heavy (non-hydrogen) atoms. The van der Waals surface area contributed by atoms with Crippen LogP contribution < -0.4 is 0 Å². The molecule has 0 aliphatic carbocycles. The Balaban J connectivity index is 0.00000440. The van der Waals surface area contributed by atoms with E-state index in [-0.39, 0.29) is 37.1 Å². The average molecular weight is 1380 g/mol. The second-order valence-corrected chi connectivity index (χ2v) is 23.0. The predicted molar refractivity (Wildman–Crippen MR) is 269 cm³/mol. The molecule has 21 aliphatic rings. The number of rotatable bonds is 12. The van der Waals surface area contributed by atoms with Crippen LogP contribution in [-0.2, 0) is 86.7 Å². The minimum atomic E-state index is -2.20. The fourth-order valence-corrected chi connectivity index (χ4v) is 12.5. The van der Waals surface area contributed by atoms with Gasteiger partial charge in [0.2, 0.25) is 0 Å². The zero-order valence-electron chi connectivity index (χ0n) is 45.1. The molecule has 21 heterocycles. The molecule has 502 valence electrons. The van der Waals surface area contributed by atoms with Crippen LogP contribution in [0.4, 0.5) is 0 Å². The van der Waals surface area contributed by atoms with E-state index in [0.29, 0.717) is 12.2 Å². The summed E-state index contributed by atoms with van der Waals surface area (Å²) >= 11 is 2.88. The summed E-state index contributed by atoms with van der Waals surface area (Å²) in [5, 5.41) is 223. The van der Waals surface area contributed by atoms with Gasteiger partial charge in [-0.1, -0.05) is 0 Å². The smallest absolute Gasteiger partial charge is 0.412 e. The van der Waals surface area contributed by atoms with E-state index in [0.717, 1.165) is 5.75 Å². The summed E-state index contributed by atoms with van der Waals surface area (Å²) < 4.78 is 81.3. The maximum absolute atomic E-state index is 11.7. The summed E-state index contributed by atoms with van der Waals surface area (Å²) in [6, 6.07) is 0. The summed E-state index contributed by atoms with van der Waals surface area (Å²) in [7, 11) is 0. The maximum atomic E-state index is 11.7. The number of aliphatic hydroxyl groups excluding tert-OH is 20. The summed E-state index contributed by atoms with van der Waals surface area (Å²) in [5.41, 5.74) is 0. The number of hydrogen-bond donors (Lipinski definition) is 20. The second kappa shape index (κ2) is 33.7. The molecule has 21 aliphatic heterocycles. The van der Waals surface area contributed by atoms with E-state index in [2.05, 4.69) is 0 Å². The third-order valence-corrected chi connectivity index (χ3v) is 17.4.